The molecule has 1 N–H and O–H groups in total. The van der Waals surface area contributed by atoms with Crippen LogP contribution in [0.5, 0.6) is 0 Å². The molecule has 3 aromatic rings. The molecule has 1 fully saturated rings. The molecule has 0 radical (unpaired) electrons. The van der Waals surface area contributed by atoms with Crippen molar-refractivity contribution in [1.82, 2.24) is 19.2 Å². The molecule has 3 heterocycles. The van der Waals surface area contributed by atoms with Gasteiger partial charge in [-0.15, -0.1) is 0 Å². The Balaban J connectivity index is 1.27. The summed E-state index contributed by atoms with van der Waals surface area (Å²) in [5.74, 6) is 0.0757. The van der Waals surface area contributed by atoms with Crippen LogP contribution in [0.25, 0.3) is 16.6 Å². The van der Waals surface area contributed by atoms with Crippen molar-refractivity contribution in [3.63, 3.8) is 0 Å². The highest BCUT2D eigenvalue weighted by Gasteiger charge is 2.19. The highest BCUT2D eigenvalue weighted by Crippen LogP contribution is 2.19. The van der Waals surface area contributed by atoms with Crippen LogP contribution in [0.2, 0.25) is 0 Å². The van der Waals surface area contributed by atoms with Gasteiger partial charge in [-0.3, -0.25) is 9.59 Å². The second-order valence-electron chi connectivity index (χ2n) is 8.61. The van der Waals surface area contributed by atoms with E-state index >= 15 is 0 Å². The minimum absolute atomic E-state index is 0.00359. The lowest BCUT2D eigenvalue weighted by molar-refractivity contribution is -0.121. The molecule has 4 rings (SSSR count). The van der Waals surface area contributed by atoms with Crippen LogP contribution in [-0.2, 0) is 11.3 Å². The topological polar surface area (TPSA) is 58.8 Å². The second kappa shape index (κ2) is 10.1. The van der Waals surface area contributed by atoms with Crippen LogP contribution in [0.4, 0.5) is 0 Å². The SMILES string of the molecule is CC[C@@H]1CCCCN1CCCNC(=O)CCCn1c(=O)c2cccn2c2ccccc21. The molecule has 1 amide bonds. The number of nitrogens with one attached hydrogen (secondary N) is 1. The van der Waals surface area contributed by atoms with E-state index in [1.54, 1.807) is 4.57 Å². The largest absolute Gasteiger partial charge is 0.356 e. The Morgan fingerprint density at radius 3 is 2.68 bits per heavy atom. The van der Waals surface area contributed by atoms with E-state index in [2.05, 4.69) is 17.1 Å². The summed E-state index contributed by atoms with van der Waals surface area (Å²) >= 11 is 0. The number of aromatic nitrogens is 2. The van der Waals surface area contributed by atoms with Gasteiger partial charge in [-0.2, -0.15) is 0 Å². The lowest BCUT2D eigenvalue weighted by atomic mass is 10.00. The normalized spacial score (nSPS) is 17.4. The Kier molecular flexibility index (Phi) is 7.07. The first-order valence-corrected chi connectivity index (χ1v) is 11.8. The van der Waals surface area contributed by atoms with Crippen LogP contribution in [-0.4, -0.2) is 45.5 Å². The summed E-state index contributed by atoms with van der Waals surface area (Å²) in [6, 6.07) is 12.4. The monoisotopic (exact) mass is 422 g/mol. The number of aryl methyl sites for hydroxylation is 1. The summed E-state index contributed by atoms with van der Waals surface area (Å²) in [7, 11) is 0. The number of nitrogens with zero attached hydrogens (tertiary/aromatic N) is 3. The highest BCUT2D eigenvalue weighted by atomic mass is 16.1. The second-order valence-corrected chi connectivity index (χ2v) is 8.61. The van der Waals surface area contributed by atoms with E-state index in [9.17, 15) is 9.59 Å². The predicted molar refractivity (Wildman–Crippen MR) is 126 cm³/mol. The Labute approximate surface area is 183 Å². The first-order chi connectivity index (χ1) is 15.2. The number of carbonyl (C=O) groups is 1. The number of hydrogen-bond donors (Lipinski definition) is 1. The standard InChI is InChI=1S/C25H34N4O2/c1-2-20-10-5-6-16-27(20)17-9-15-26-24(30)14-8-19-29-22-12-4-3-11-21(22)28-18-7-13-23(28)25(29)31/h3-4,7,11-13,18,20H,2,5-6,8-10,14-17,19H2,1H3,(H,26,30)/t20-/m1/s1. The Morgan fingerprint density at radius 1 is 1.03 bits per heavy atom. The van der Waals surface area contributed by atoms with Crippen LogP contribution in [0, 0.1) is 0 Å². The third kappa shape index (κ3) is 4.85. The molecule has 1 aromatic carbocycles. The molecule has 1 atom stereocenters. The van der Waals surface area contributed by atoms with Gasteiger partial charge >= 0.3 is 0 Å². The molecule has 166 valence electrons. The maximum Gasteiger partial charge on any atom is 0.275 e. The Hall–Kier alpha value is -2.60. The molecule has 0 spiro atoms. The molecule has 1 aliphatic rings. The Bertz CT molecular complexity index is 1080. The smallest absolute Gasteiger partial charge is 0.275 e. The number of para-hydroxylation sites is 2. The molecule has 2 aromatic heterocycles. The van der Waals surface area contributed by atoms with E-state index in [4.69, 9.17) is 0 Å². The van der Waals surface area contributed by atoms with Gasteiger partial charge in [0.2, 0.25) is 5.91 Å². The molecule has 0 unspecified atom stereocenters. The first kappa shape index (κ1) is 21.6. The van der Waals surface area contributed by atoms with E-state index in [0.717, 1.165) is 36.6 Å². The van der Waals surface area contributed by atoms with Crippen molar-refractivity contribution in [3.05, 3.63) is 52.9 Å². The number of carbonyl (C=O) groups excluding carboxylic acids is 1. The van der Waals surface area contributed by atoms with E-state index in [-0.39, 0.29) is 11.5 Å². The van der Waals surface area contributed by atoms with Gasteiger partial charge in [-0.25, -0.2) is 0 Å². The van der Waals surface area contributed by atoms with Crippen molar-refractivity contribution < 1.29 is 4.79 Å². The van der Waals surface area contributed by atoms with Crippen molar-refractivity contribution in [1.29, 1.82) is 0 Å². The van der Waals surface area contributed by atoms with Gasteiger partial charge in [-0.05, 0) is 62.9 Å². The third-order valence-corrected chi connectivity index (χ3v) is 6.60. The zero-order chi connectivity index (χ0) is 21.6. The van der Waals surface area contributed by atoms with Crippen molar-refractivity contribution in [2.45, 2.75) is 64.5 Å². The third-order valence-electron chi connectivity index (χ3n) is 6.60. The van der Waals surface area contributed by atoms with Crippen molar-refractivity contribution >= 4 is 22.5 Å². The van der Waals surface area contributed by atoms with Crippen LogP contribution >= 0.6 is 0 Å². The number of likely N-dealkylation sites (tertiary alicyclic amines) is 1. The average Bonchev–Trinajstić information content (AvgIpc) is 3.30. The van der Waals surface area contributed by atoms with E-state index in [1.165, 1.54) is 32.2 Å². The molecule has 1 aliphatic heterocycles. The number of amides is 1. The zero-order valence-corrected chi connectivity index (χ0v) is 18.6. The van der Waals surface area contributed by atoms with Crippen molar-refractivity contribution in [2.24, 2.45) is 0 Å². The minimum atomic E-state index is -0.00359. The number of fused-ring (bicyclic) bond motifs is 3. The van der Waals surface area contributed by atoms with E-state index in [0.29, 0.717) is 24.9 Å². The summed E-state index contributed by atoms with van der Waals surface area (Å²) in [5.41, 5.74) is 2.58. The summed E-state index contributed by atoms with van der Waals surface area (Å²) in [5, 5.41) is 3.06. The van der Waals surface area contributed by atoms with E-state index in [1.807, 2.05) is 47.0 Å². The fourth-order valence-corrected chi connectivity index (χ4v) is 4.94. The summed E-state index contributed by atoms with van der Waals surface area (Å²) in [6.45, 7) is 5.80. The van der Waals surface area contributed by atoms with Crippen LogP contribution in [0.1, 0.15) is 51.9 Å². The average molecular weight is 423 g/mol. The van der Waals surface area contributed by atoms with Gasteiger partial charge in [0.05, 0.1) is 11.0 Å². The molecule has 1 saturated heterocycles. The fraction of sp³-hybridized carbons (Fsp3) is 0.520. The van der Waals surface area contributed by atoms with Crippen molar-refractivity contribution in [3.8, 4) is 0 Å². The molecule has 0 bridgehead atoms. The summed E-state index contributed by atoms with van der Waals surface area (Å²) in [4.78, 5) is 27.8. The lowest BCUT2D eigenvalue weighted by Crippen LogP contribution is -2.40. The van der Waals surface area contributed by atoms with Crippen LogP contribution < -0.4 is 10.9 Å². The molecule has 6 heteroatoms. The fourth-order valence-electron chi connectivity index (χ4n) is 4.94. The quantitative estimate of drug-likeness (QED) is 0.534. The molecule has 6 nitrogen and oxygen atoms in total. The molecule has 31 heavy (non-hydrogen) atoms. The van der Waals surface area contributed by atoms with Gasteiger partial charge in [0, 0.05) is 38.3 Å². The molecule has 0 aliphatic carbocycles. The number of piperidine rings is 1. The van der Waals surface area contributed by atoms with Gasteiger partial charge < -0.3 is 19.2 Å². The summed E-state index contributed by atoms with van der Waals surface area (Å²) in [6.07, 6.45) is 9.18. The van der Waals surface area contributed by atoms with Crippen molar-refractivity contribution in [2.75, 3.05) is 19.6 Å². The van der Waals surface area contributed by atoms with Crippen LogP contribution in [0.3, 0.4) is 0 Å². The number of benzene rings is 1. The molecular weight excluding hydrogens is 388 g/mol. The van der Waals surface area contributed by atoms with E-state index < -0.39 is 0 Å². The van der Waals surface area contributed by atoms with Gasteiger partial charge in [0.1, 0.15) is 5.52 Å². The first-order valence-electron chi connectivity index (χ1n) is 11.8. The maximum absolute atomic E-state index is 12.9. The number of hydrogen-bond acceptors (Lipinski definition) is 3. The molecular formula is C25H34N4O2. The van der Waals surface area contributed by atoms with Crippen LogP contribution in [0.15, 0.2) is 47.4 Å². The molecule has 0 saturated carbocycles. The summed E-state index contributed by atoms with van der Waals surface area (Å²) < 4.78 is 3.74. The van der Waals surface area contributed by atoms with Gasteiger partial charge in [-0.1, -0.05) is 25.5 Å². The van der Waals surface area contributed by atoms with Gasteiger partial charge in [0.15, 0.2) is 0 Å². The predicted octanol–water partition coefficient (Wildman–Crippen LogP) is 3.81. The maximum atomic E-state index is 12.9. The van der Waals surface area contributed by atoms with Gasteiger partial charge in [0.25, 0.3) is 5.56 Å². The zero-order valence-electron chi connectivity index (χ0n) is 18.6. The minimum Gasteiger partial charge on any atom is -0.356 e. The highest BCUT2D eigenvalue weighted by molar-refractivity contribution is 5.79. The number of rotatable bonds is 9. The Morgan fingerprint density at radius 2 is 1.84 bits per heavy atom. The lowest BCUT2D eigenvalue weighted by Gasteiger charge is -2.35.